The van der Waals surface area contributed by atoms with Crippen molar-refractivity contribution in [3.8, 4) is 0 Å². The number of nitrogen functional groups attached to an aromatic ring is 1. The van der Waals surface area contributed by atoms with E-state index in [1.165, 1.54) is 24.8 Å². The number of carbonyl (C=O) groups excluding carboxylic acids is 2. The Labute approximate surface area is 159 Å². The summed E-state index contributed by atoms with van der Waals surface area (Å²) in [5, 5.41) is 0.812. The molecular formula is C20H28N4O3. The van der Waals surface area contributed by atoms with E-state index in [9.17, 15) is 9.59 Å². The highest BCUT2D eigenvalue weighted by atomic mass is 16.5. The molecule has 1 fully saturated rings. The van der Waals surface area contributed by atoms with Crippen LogP contribution in [0.15, 0.2) is 18.2 Å². The zero-order valence-corrected chi connectivity index (χ0v) is 16.3. The summed E-state index contributed by atoms with van der Waals surface area (Å²) in [5.41, 5.74) is 8.21. The Morgan fingerprint density at radius 3 is 2.59 bits per heavy atom. The number of carbonyl (C=O) groups is 2. The van der Waals surface area contributed by atoms with E-state index in [1.807, 2.05) is 13.0 Å². The van der Waals surface area contributed by atoms with Crippen LogP contribution in [0, 0.1) is 0 Å². The van der Waals surface area contributed by atoms with Crippen LogP contribution in [0.3, 0.4) is 0 Å². The van der Waals surface area contributed by atoms with E-state index in [-0.39, 0.29) is 11.9 Å². The fraction of sp³-hybridized carbons (Fsp3) is 0.500. The van der Waals surface area contributed by atoms with Crippen molar-refractivity contribution < 1.29 is 14.3 Å². The van der Waals surface area contributed by atoms with Gasteiger partial charge in [-0.2, -0.15) is 0 Å². The van der Waals surface area contributed by atoms with E-state index in [0.29, 0.717) is 31.2 Å². The number of amides is 1. The molecule has 1 aliphatic carbocycles. The topological polar surface area (TPSA) is 98.4 Å². The maximum atomic E-state index is 12.6. The highest BCUT2D eigenvalue weighted by Crippen LogP contribution is 2.37. The maximum absolute atomic E-state index is 12.6. The van der Waals surface area contributed by atoms with Gasteiger partial charge in [0.25, 0.3) is 12.4 Å². The lowest BCUT2D eigenvalue weighted by molar-refractivity contribution is -0.128. The summed E-state index contributed by atoms with van der Waals surface area (Å²) < 4.78 is 4.15. The molecule has 2 N–H and O–H groups in total. The van der Waals surface area contributed by atoms with Crippen LogP contribution in [0.2, 0.25) is 0 Å². The number of aromatic nitrogens is 2. The molecule has 0 atom stereocenters. The van der Waals surface area contributed by atoms with Crippen LogP contribution in [0.1, 0.15) is 61.5 Å². The Kier molecular flexibility index (Phi) is 7.52. The molecule has 0 radical (unpaired) electrons. The van der Waals surface area contributed by atoms with Gasteiger partial charge in [0, 0.05) is 19.0 Å². The number of rotatable bonds is 6. The molecule has 2 aromatic rings. The van der Waals surface area contributed by atoms with Gasteiger partial charge in [-0.05, 0) is 49.8 Å². The molecule has 1 aromatic carbocycles. The van der Waals surface area contributed by atoms with Crippen LogP contribution in [0.5, 0.6) is 0 Å². The molecule has 3 rings (SSSR count). The molecule has 0 bridgehead atoms. The first kappa shape index (κ1) is 20.6. The van der Waals surface area contributed by atoms with Crippen molar-refractivity contribution in [3.05, 3.63) is 29.5 Å². The summed E-state index contributed by atoms with van der Waals surface area (Å²) in [6, 6.07) is 6.13. The second kappa shape index (κ2) is 9.85. The smallest absolute Gasteiger partial charge is 0.293 e. The van der Waals surface area contributed by atoms with Gasteiger partial charge in [0.2, 0.25) is 5.95 Å². The second-order valence-electron chi connectivity index (χ2n) is 6.61. The maximum Gasteiger partial charge on any atom is 0.293 e. The molecule has 1 heterocycles. The van der Waals surface area contributed by atoms with Gasteiger partial charge in [0.15, 0.2) is 0 Å². The van der Waals surface area contributed by atoms with E-state index in [0.717, 1.165) is 17.3 Å². The van der Waals surface area contributed by atoms with Crippen LogP contribution < -0.4 is 5.73 Å². The van der Waals surface area contributed by atoms with Crippen molar-refractivity contribution in [1.29, 1.82) is 0 Å². The van der Waals surface area contributed by atoms with Crippen LogP contribution in [-0.2, 0) is 9.53 Å². The lowest BCUT2D eigenvalue weighted by atomic mass is 9.80. The van der Waals surface area contributed by atoms with Crippen molar-refractivity contribution in [1.82, 2.24) is 14.9 Å². The van der Waals surface area contributed by atoms with Gasteiger partial charge in [0.1, 0.15) is 5.69 Å². The van der Waals surface area contributed by atoms with E-state index in [2.05, 4.69) is 26.8 Å². The van der Waals surface area contributed by atoms with E-state index < -0.39 is 0 Å². The predicted octanol–water partition coefficient (Wildman–Crippen LogP) is 3.14. The first-order chi connectivity index (χ1) is 13.0. The molecule has 7 nitrogen and oxygen atoms in total. The Bertz CT molecular complexity index is 790. The van der Waals surface area contributed by atoms with Crippen molar-refractivity contribution >= 4 is 29.2 Å². The number of hydrogen-bond donors (Lipinski definition) is 1. The van der Waals surface area contributed by atoms with E-state index in [1.54, 1.807) is 18.9 Å². The Morgan fingerprint density at radius 1 is 1.33 bits per heavy atom. The van der Waals surface area contributed by atoms with Gasteiger partial charge in [-0.25, -0.2) is 9.97 Å². The summed E-state index contributed by atoms with van der Waals surface area (Å²) in [7, 11) is 1.80. The predicted molar refractivity (Wildman–Crippen MR) is 105 cm³/mol. The molecule has 1 aliphatic rings. The van der Waals surface area contributed by atoms with Gasteiger partial charge in [-0.15, -0.1) is 0 Å². The van der Waals surface area contributed by atoms with Crippen LogP contribution in [0.25, 0.3) is 10.9 Å². The summed E-state index contributed by atoms with van der Waals surface area (Å²) in [6.45, 7) is 5.41. The molecule has 1 aromatic heterocycles. The number of ether oxygens (including phenoxy) is 1. The van der Waals surface area contributed by atoms with Gasteiger partial charge in [-0.3, -0.25) is 9.59 Å². The third kappa shape index (κ3) is 5.15. The second-order valence-corrected chi connectivity index (χ2v) is 6.61. The summed E-state index contributed by atoms with van der Waals surface area (Å²) in [6.07, 6.45) is 4.64. The summed E-state index contributed by atoms with van der Waals surface area (Å²) in [4.78, 5) is 32.0. The molecule has 1 saturated carbocycles. The van der Waals surface area contributed by atoms with Gasteiger partial charge < -0.3 is 15.4 Å². The summed E-state index contributed by atoms with van der Waals surface area (Å²) >= 11 is 0. The fourth-order valence-electron chi connectivity index (χ4n) is 3.01. The molecule has 146 valence electrons. The van der Waals surface area contributed by atoms with Gasteiger partial charge in [0.05, 0.1) is 12.1 Å². The number of anilines is 1. The lowest BCUT2D eigenvalue weighted by Gasteiger charge is -2.26. The molecular weight excluding hydrogens is 344 g/mol. The third-order valence-electron chi connectivity index (χ3n) is 4.66. The molecule has 0 saturated heterocycles. The van der Waals surface area contributed by atoms with Crippen molar-refractivity contribution in [2.24, 2.45) is 0 Å². The Balaban J connectivity index is 0.000000465. The minimum absolute atomic E-state index is 0.0910. The number of nitrogens with zero attached hydrogens (tertiary/aromatic N) is 3. The first-order valence-corrected chi connectivity index (χ1v) is 9.39. The van der Waals surface area contributed by atoms with E-state index in [4.69, 9.17) is 5.73 Å². The third-order valence-corrected chi connectivity index (χ3v) is 4.66. The SMILES string of the molecule is CCCN(C)C(=O)c1nc(N)nc2ccc(C3CCC3)cc12.CCOC=O. The lowest BCUT2D eigenvalue weighted by Crippen LogP contribution is -2.28. The van der Waals surface area contributed by atoms with Gasteiger partial charge >= 0.3 is 0 Å². The fourth-order valence-corrected chi connectivity index (χ4v) is 3.01. The van der Waals surface area contributed by atoms with Crippen LogP contribution in [0.4, 0.5) is 5.95 Å². The van der Waals surface area contributed by atoms with Crippen molar-refractivity contribution in [3.63, 3.8) is 0 Å². The number of nitrogens with two attached hydrogens (primary N) is 1. The normalized spacial score (nSPS) is 13.3. The number of benzene rings is 1. The molecule has 27 heavy (non-hydrogen) atoms. The highest BCUT2D eigenvalue weighted by molar-refractivity contribution is 6.04. The molecule has 0 unspecified atom stereocenters. The standard InChI is InChI=1S/C17H22N4O.C3H6O2/c1-3-9-21(2)16(22)15-13-10-12(11-5-4-6-11)7-8-14(13)19-17(18)20-15;1-2-5-3-4/h7-8,10-11H,3-6,9H2,1-2H3,(H2,18,19,20);3H,2H2,1H3. The minimum atomic E-state index is -0.0910. The van der Waals surface area contributed by atoms with Crippen molar-refractivity contribution in [2.45, 2.75) is 45.4 Å². The molecule has 7 heteroatoms. The van der Waals surface area contributed by atoms with Crippen molar-refractivity contribution in [2.75, 3.05) is 25.9 Å². The zero-order chi connectivity index (χ0) is 19.8. The Hall–Kier alpha value is -2.70. The molecule has 0 spiro atoms. The zero-order valence-electron chi connectivity index (χ0n) is 16.3. The minimum Gasteiger partial charge on any atom is -0.468 e. The largest absolute Gasteiger partial charge is 0.468 e. The van der Waals surface area contributed by atoms with Crippen LogP contribution >= 0.6 is 0 Å². The van der Waals surface area contributed by atoms with E-state index >= 15 is 0 Å². The molecule has 1 amide bonds. The monoisotopic (exact) mass is 372 g/mol. The Morgan fingerprint density at radius 2 is 2.07 bits per heavy atom. The number of hydrogen-bond acceptors (Lipinski definition) is 6. The molecule has 0 aliphatic heterocycles. The highest BCUT2D eigenvalue weighted by Gasteiger charge is 2.22. The summed E-state index contributed by atoms with van der Waals surface area (Å²) in [5.74, 6) is 0.669. The first-order valence-electron chi connectivity index (χ1n) is 9.39. The quantitative estimate of drug-likeness (QED) is 0.782. The van der Waals surface area contributed by atoms with Crippen LogP contribution in [-0.4, -0.2) is 47.4 Å². The average molecular weight is 372 g/mol. The van der Waals surface area contributed by atoms with Gasteiger partial charge in [-0.1, -0.05) is 19.4 Å². The number of fused-ring (bicyclic) bond motifs is 1. The average Bonchev–Trinajstić information content (AvgIpc) is 2.60.